The van der Waals surface area contributed by atoms with Crippen LogP contribution in [0, 0.1) is 5.92 Å². The molecule has 1 aliphatic heterocycles. The fourth-order valence-corrected chi connectivity index (χ4v) is 2.40. The topological polar surface area (TPSA) is 92.5 Å². The van der Waals surface area contributed by atoms with E-state index in [1.807, 2.05) is 14.1 Å². The molecule has 0 saturated carbocycles. The number of amides is 4. The number of carbonyl (C=O) groups excluding carboxylic acids is 3. The van der Waals surface area contributed by atoms with Crippen LogP contribution >= 0.6 is 0 Å². The lowest BCUT2D eigenvalue weighted by molar-refractivity contribution is -0.858. The van der Waals surface area contributed by atoms with E-state index < -0.39 is 23.8 Å². The molecule has 0 spiro atoms. The molecule has 1 aromatic rings. The molecular weight excluding hydrogens is 324 g/mol. The van der Waals surface area contributed by atoms with Crippen LogP contribution < -0.4 is 19.9 Å². The molecule has 0 radical (unpaired) electrons. The number of nitrogens with zero attached hydrogens (tertiary/aromatic N) is 2. The van der Waals surface area contributed by atoms with Crippen LogP contribution in [0.15, 0.2) is 29.3 Å². The smallest absolute Gasteiger partial charge is 0.335 e. The zero-order chi connectivity index (χ0) is 18.4. The molecule has 0 aliphatic carbocycles. The minimum Gasteiger partial charge on any atom is -0.497 e. The molecule has 2 N–H and O–H groups in total. The van der Waals surface area contributed by atoms with Gasteiger partial charge < -0.3 is 9.64 Å². The van der Waals surface area contributed by atoms with Gasteiger partial charge >= 0.3 is 6.03 Å². The maximum absolute atomic E-state index is 12.6. The van der Waals surface area contributed by atoms with Crippen LogP contribution in [0.5, 0.6) is 5.75 Å². The highest BCUT2D eigenvalue weighted by Crippen LogP contribution is 2.23. The van der Waals surface area contributed by atoms with Crippen molar-refractivity contribution in [2.45, 2.75) is 6.42 Å². The van der Waals surface area contributed by atoms with Gasteiger partial charge in [0.2, 0.25) is 5.91 Å². The van der Waals surface area contributed by atoms with E-state index in [4.69, 9.17) is 4.74 Å². The van der Waals surface area contributed by atoms with E-state index in [-0.39, 0.29) is 0 Å². The number of anilines is 1. The van der Waals surface area contributed by atoms with Crippen molar-refractivity contribution in [2.24, 2.45) is 10.9 Å². The van der Waals surface area contributed by atoms with Gasteiger partial charge in [-0.15, -0.1) is 0 Å². The summed E-state index contributed by atoms with van der Waals surface area (Å²) in [6.45, 7) is 1.47. The van der Waals surface area contributed by atoms with Crippen LogP contribution in [-0.2, 0) is 9.59 Å². The van der Waals surface area contributed by atoms with Gasteiger partial charge in [0, 0.05) is 19.2 Å². The van der Waals surface area contributed by atoms with Gasteiger partial charge in [0.05, 0.1) is 33.4 Å². The normalized spacial score (nSPS) is 18.2. The minimum absolute atomic E-state index is 0.366. The number of carbonyl (C=O) groups is 3. The number of hydrogen-bond donors (Lipinski definition) is 2. The second kappa shape index (κ2) is 8.39. The van der Waals surface area contributed by atoms with Gasteiger partial charge in [-0.25, -0.2) is 9.69 Å². The number of urea groups is 1. The van der Waals surface area contributed by atoms with E-state index in [1.54, 1.807) is 24.3 Å². The lowest BCUT2D eigenvalue weighted by Gasteiger charge is -2.28. The van der Waals surface area contributed by atoms with E-state index in [9.17, 15) is 14.4 Å². The van der Waals surface area contributed by atoms with Crippen molar-refractivity contribution in [1.29, 1.82) is 0 Å². The lowest BCUT2D eigenvalue weighted by Crippen LogP contribution is -3.05. The van der Waals surface area contributed by atoms with Crippen LogP contribution in [0.4, 0.5) is 10.5 Å². The van der Waals surface area contributed by atoms with Crippen molar-refractivity contribution in [2.75, 3.05) is 39.2 Å². The molecule has 1 aliphatic rings. The quantitative estimate of drug-likeness (QED) is 0.395. The van der Waals surface area contributed by atoms with Gasteiger partial charge in [-0.05, 0) is 24.3 Å². The maximum Gasteiger partial charge on any atom is 0.335 e. The van der Waals surface area contributed by atoms with Crippen molar-refractivity contribution >= 4 is 29.7 Å². The number of benzene rings is 1. The fourth-order valence-electron chi connectivity index (χ4n) is 2.40. The molecule has 0 aromatic heterocycles. The third kappa shape index (κ3) is 4.63. The van der Waals surface area contributed by atoms with Gasteiger partial charge in [-0.3, -0.25) is 19.9 Å². The predicted octanol–water partition coefficient (Wildman–Crippen LogP) is -0.500. The first-order valence-electron chi connectivity index (χ1n) is 8.06. The number of quaternary nitrogens is 1. The Balaban J connectivity index is 2.10. The number of aliphatic imine (C=N–C) groups is 1. The summed E-state index contributed by atoms with van der Waals surface area (Å²) in [6.07, 6.45) is 2.17. The molecule has 8 nitrogen and oxygen atoms in total. The van der Waals surface area contributed by atoms with Crippen molar-refractivity contribution in [1.82, 2.24) is 5.32 Å². The van der Waals surface area contributed by atoms with Crippen LogP contribution in [0.25, 0.3) is 0 Å². The Bertz CT molecular complexity index is 670. The average Bonchev–Trinajstić information content (AvgIpc) is 2.57. The first-order chi connectivity index (χ1) is 11.9. The van der Waals surface area contributed by atoms with Gasteiger partial charge in [0.1, 0.15) is 5.75 Å². The molecule has 1 unspecified atom stereocenters. The van der Waals surface area contributed by atoms with E-state index in [0.29, 0.717) is 18.0 Å². The minimum atomic E-state index is -1.11. The van der Waals surface area contributed by atoms with Crippen molar-refractivity contribution in [3.8, 4) is 5.75 Å². The highest BCUT2D eigenvalue weighted by Gasteiger charge is 2.40. The van der Waals surface area contributed by atoms with Gasteiger partial charge in [0.25, 0.3) is 5.91 Å². The number of methoxy groups -OCH3 is 1. The second-order valence-corrected chi connectivity index (χ2v) is 6.01. The highest BCUT2D eigenvalue weighted by atomic mass is 16.5. The Morgan fingerprint density at radius 2 is 1.92 bits per heavy atom. The molecule has 1 saturated heterocycles. The molecule has 0 bridgehead atoms. The van der Waals surface area contributed by atoms with Crippen LogP contribution in [-0.4, -0.2) is 58.4 Å². The molecule has 1 heterocycles. The zero-order valence-electron chi connectivity index (χ0n) is 14.6. The number of nitrogens with one attached hydrogen (secondary N) is 2. The molecule has 1 aromatic carbocycles. The van der Waals surface area contributed by atoms with Crippen LogP contribution in [0.3, 0.4) is 0 Å². The van der Waals surface area contributed by atoms with Crippen molar-refractivity contribution in [3.05, 3.63) is 24.3 Å². The van der Waals surface area contributed by atoms with Gasteiger partial charge in [-0.2, -0.15) is 0 Å². The Morgan fingerprint density at radius 3 is 2.52 bits per heavy atom. The monoisotopic (exact) mass is 347 g/mol. The van der Waals surface area contributed by atoms with E-state index in [2.05, 4.69) is 10.3 Å². The summed E-state index contributed by atoms with van der Waals surface area (Å²) >= 11 is 0. The predicted molar refractivity (Wildman–Crippen MR) is 93.2 cm³/mol. The molecule has 8 heteroatoms. The molecule has 4 amide bonds. The summed E-state index contributed by atoms with van der Waals surface area (Å²) in [5.41, 5.74) is 0.366. The Hall–Kier alpha value is -2.74. The molecule has 2 rings (SSSR count). The summed E-state index contributed by atoms with van der Waals surface area (Å²) in [5, 5.41) is 2.20. The Morgan fingerprint density at radius 1 is 1.24 bits per heavy atom. The largest absolute Gasteiger partial charge is 0.497 e. The average molecular weight is 347 g/mol. The summed E-state index contributed by atoms with van der Waals surface area (Å²) in [5.74, 6) is -1.76. The third-order valence-electron chi connectivity index (χ3n) is 3.75. The van der Waals surface area contributed by atoms with Gasteiger partial charge in [0.15, 0.2) is 5.92 Å². The first kappa shape index (κ1) is 18.6. The molecule has 25 heavy (non-hydrogen) atoms. The standard InChI is InChI=1S/C17H22N4O4/c1-20(2)10-4-9-18-11-14-15(22)19-17(24)21(16(14)23)12-5-7-13(25-3)8-6-12/h5-8,11,14H,4,9-10H2,1-3H3,(H,19,22,24)/p+1. The first-order valence-corrected chi connectivity index (χ1v) is 8.06. The van der Waals surface area contributed by atoms with Gasteiger partial charge in [-0.1, -0.05) is 0 Å². The maximum atomic E-state index is 12.6. The molecule has 1 atom stereocenters. The fraction of sp³-hybridized carbons (Fsp3) is 0.412. The number of imide groups is 2. The summed E-state index contributed by atoms with van der Waals surface area (Å²) in [7, 11) is 5.61. The third-order valence-corrected chi connectivity index (χ3v) is 3.75. The van der Waals surface area contributed by atoms with E-state index in [0.717, 1.165) is 17.9 Å². The molecule has 134 valence electrons. The molecule has 1 fully saturated rings. The molecular formula is C17H23N4O4+. The highest BCUT2D eigenvalue weighted by molar-refractivity contribution is 6.32. The number of barbiturate groups is 1. The Kier molecular flexibility index (Phi) is 6.24. The van der Waals surface area contributed by atoms with Crippen LogP contribution in [0.1, 0.15) is 6.42 Å². The van der Waals surface area contributed by atoms with E-state index >= 15 is 0 Å². The SMILES string of the molecule is COc1ccc(N2C(=O)NC(=O)C(C=NCCC[NH+](C)C)C2=O)cc1. The summed E-state index contributed by atoms with van der Waals surface area (Å²) < 4.78 is 5.06. The summed E-state index contributed by atoms with van der Waals surface area (Å²) in [6, 6.07) is 5.68. The van der Waals surface area contributed by atoms with Crippen molar-refractivity contribution in [3.63, 3.8) is 0 Å². The van der Waals surface area contributed by atoms with Crippen LogP contribution in [0.2, 0.25) is 0 Å². The number of ether oxygens (including phenoxy) is 1. The van der Waals surface area contributed by atoms with Crippen molar-refractivity contribution < 1.29 is 24.0 Å². The van der Waals surface area contributed by atoms with E-state index in [1.165, 1.54) is 18.2 Å². The number of hydrogen-bond acceptors (Lipinski definition) is 5. The lowest BCUT2D eigenvalue weighted by atomic mass is 10.1. The Labute approximate surface area is 146 Å². The number of rotatable bonds is 7. The summed E-state index contributed by atoms with van der Waals surface area (Å²) in [4.78, 5) is 43.0. The second-order valence-electron chi connectivity index (χ2n) is 6.01. The zero-order valence-corrected chi connectivity index (χ0v) is 14.6.